The summed E-state index contributed by atoms with van der Waals surface area (Å²) in [7, 11) is 0. The molecule has 1 aromatic heterocycles. The normalized spacial score (nSPS) is 18.1. The molecule has 1 N–H and O–H groups in total. The van der Waals surface area contributed by atoms with E-state index >= 15 is 0 Å². The van der Waals surface area contributed by atoms with E-state index in [-0.39, 0.29) is 11.5 Å². The third-order valence-electron chi connectivity index (χ3n) is 5.67. The van der Waals surface area contributed by atoms with Crippen LogP contribution in [0.25, 0.3) is 16.5 Å². The van der Waals surface area contributed by atoms with Gasteiger partial charge in [0.25, 0.3) is 0 Å². The minimum atomic E-state index is -1.00. The molecule has 0 unspecified atom stereocenters. The zero-order valence-corrected chi connectivity index (χ0v) is 15.8. The summed E-state index contributed by atoms with van der Waals surface area (Å²) >= 11 is 6.22. The first-order chi connectivity index (χ1) is 13.1. The molecule has 0 aliphatic heterocycles. The number of aromatic carboxylic acids is 1. The second kappa shape index (κ2) is 7.35. The molecule has 1 saturated carbocycles. The van der Waals surface area contributed by atoms with E-state index < -0.39 is 5.97 Å². The monoisotopic (exact) mass is 383 g/mol. The average Bonchev–Trinajstić information content (AvgIpc) is 2.96. The van der Waals surface area contributed by atoms with Crippen molar-refractivity contribution in [3.8, 4) is 0 Å². The van der Waals surface area contributed by atoms with Gasteiger partial charge in [0.2, 0.25) is 0 Å². The summed E-state index contributed by atoms with van der Waals surface area (Å²) in [6.07, 6.45) is 11.5. The lowest BCUT2D eigenvalue weighted by atomic mass is 9.89. The third kappa shape index (κ3) is 3.34. The molecule has 2 aliphatic carbocycles. The number of Topliss-reactive ketones (excluding diaryl/α,β-unsaturated/α-hetero) is 1. The summed E-state index contributed by atoms with van der Waals surface area (Å²) < 4.78 is 1.89. The topological polar surface area (TPSA) is 59.3 Å². The smallest absolute Gasteiger partial charge is 0.353 e. The SMILES string of the molecule is O=C1CC=CC=C1c1c(C(=O)O)n(CC2CCCCC2)c2ccc(Cl)cc12. The summed E-state index contributed by atoms with van der Waals surface area (Å²) in [6.45, 7) is 0.664. The Morgan fingerprint density at radius 2 is 2.00 bits per heavy atom. The molecule has 4 nitrogen and oxygen atoms in total. The van der Waals surface area contributed by atoms with E-state index in [2.05, 4.69) is 0 Å². The predicted molar refractivity (Wildman–Crippen MR) is 107 cm³/mol. The van der Waals surface area contributed by atoms with Crippen molar-refractivity contribution in [1.82, 2.24) is 4.57 Å². The number of carboxylic acids is 1. The van der Waals surface area contributed by atoms with Gasteiger partial charge in [-0.25, -0.2) is 4.79 Å². The van der Waals surface area contributed by atoms with E-state index in [1.165, 1.54) is 19.3 Å². The molecule has 0 spiro atoms. The van der Waals surface area contributed by atoms with Gasteiger partial charge in [-0.15, -0.1) is 0 Å². The van der Waals surface area contributed by atoms with Crippen molar-refractivity contribution in [2.75, 3.05) is 0 Å². The van der Waals surface area contributed by atoms with Gasteiger partial charge in [-0.3, -0.25) is 4.79 Å². The first-order valence-corrected chi connectivity index (χ1v) is 9.89. The van der Waals surface area contributed by atoms with Crippen molar-refractivity contribution >= 4 is 39.8 Å². The highest BCUT2D eigenvalue weighted by molar-refractivity contribution is 6.32. The van der Waals surface area contributed by atoms with Crippen LogP contribution >= 0.6 is 11.6 Å². The molecular formula is C22H22ClNO3. The van der Waals surface area contributed by atoms with Gasteiger partial charge >= 0.3 is 5.97 Å². The van der Waals surface area contributed by atoms with Gasteiger partial charge in [0.15, 0.2) is 5.78 Å². The van der Waals surface area contributed by atoms with Crippen LogP contribution in [-0.4, -0.2) is 21.4 Å². The Bertz CT molecular complexity index is 977. The van der Waals surface area contributed by atoms with Gasteiger partial charge in [-0.05, 0) is 37.0 Å². The van der Waals surface area contributed by atoms with Crippen molar-refractivity contribution < 1.29 is 14.7 Å². The Morgan fingerprint density at radius 1 is 1.22 bits per heavy atom. The molecule has 27 heavy (non-hydrogen) atoms. The molecule has 5 heteroatoms. The number of carboxylic acid groups (broad SMARTS) is 1. The fourth-order valence-electron chi connectivity index (χ4n) is 4.40. The minimum absolute atomic E-state index is 0.0586. The summed E-state index contributed by atoms with van der Waals surface area (Å²) in [5, 5.41) is 11.3. The maximum atomic E-state index is 12.5. The van der Waals surface area contributed by atoms with Gasteiger partial charge in [-0.1, -0.05) is 49.1 Å². The average molecular weight is 384 g/mol. The molecule has 1 aromatic carbocycles. The number of carbonyl (C=O) groups excluding carboxylic acids is 1. The van der Waals surface area contributed by atoms with E-state index in [4.69, 9.17) is 11.6 Å². The highest BCUT2D eigenvalue weighted by Gasteiger charge is 2.29. The number of hydrogen-bond donors (Lipinski definition) is 1. The predicted octanol–water partition coefficient (Wildman–Crippen LogP) is 5.49. The molecule has 0 atom stereocenters. The van der Waals surface area contributed by atoms with E-state index in [9.17, 15) is 14.7 Å². The molecule has 1 fully saturated rings. The number of benzene rings is 1. The van der Waals surface area contributed by atoms with Crippen LogP contribution in [-0.2, 0) is 11.3 Å². The molecule has 1 heterocycles. The number of aromatic nitrogens is 1. The van der Waals surface area contributed by atoms with Crippen LogP contribution in [0, 0.1) is 5.92 Å². The molecule has 4 rings (SSSR count). The fourth-order valence-corrected chi connectivity index (χ4v) is 4.58. The molecule has 0 saturated heterocycles. The first-order valence-electron chi connectivity index (χ1n) is 9.51. The second-order valence-corrected chi connectivity index (χ2v) is 7.88. The fraction of sp³-hybridized carbons (Fsp3) is 0.364. The van der Waals surface area contributed by atoms with Crippen LogP contribution in [0.2, 0.25) is 5.02 Å². The standard InChI is InChI=1S/C22H22ClNO3/c23-15-10-11-18-17(12-15)20(16-8-4-5-9-19(16)25)21(22(26)27)24(18)13-14-6-2-1-3-7-14/h4-5,8,10-12,14H,1-3,6-7,9,13H2,(H,26,27). The van der Waals surface area contributed by atoms with Gasteiger partial charge in [0, 0.05) is 40.0 Å². The number of ketones is 1. The number of hydrogen-bond acceptors (Lipinski definition) is 2. The minimum Gasteiger partial charge on any atom is -0.477 e. The Balaban J connectivity index is 1.95. The zero-order valence-electron chi connectivity index (χ0n) is 15.1. The lowest BCUT2D eigenvalue weighted by Crippen LogP contribution is -2.19. The van der Waals surface area contributed by atoms with Crippen molar-refractivity contribution in [2.24, 2.45) is 5.92 Å². The number of allylic oxidation sites excluding steroid dienone is 4. The highest BCUT2D eigenvalue weighted by atomic mass is 35.5. The molecule has 0 bridgehead atoms. The second-order valence-electron chi connectivity index (χ2n) is 7.44. The van der Waals surface area contributed by atoms with Gasteiger partial charge in [0.05, 0.1) is 0 Å². The third-order valence-corrected chi connectivity index (χ3v) is 5.90. The van der Waals surface area contributed by atoms with Crippen molar-refractivity contribution in [2.45, 2.75) is 45.1 Å². The van der Waals surface area contributed by atoms with Gasteiger partial charge in [-0.2, -0.15) is 0 Å². The Kier molecular flexibility index (Phi) is 4.92. The Morgan fingerprint density at radius 3 is 2.70 bits per heavy atom. The van der Waals surface area contributed by atoms with Crippen LogP contribution in [0.1, 0.15) is 54.6 Å². The summed E-state index contributed by atoms with van der Waals surface area (Å²) in [5.41, 5.74) is 2.00. The first kappa shape index (κ1) is 18.1. The molecule has 2 aromatic rings. The quantitative estimate of drug-likeness (QED) is 0.759. The lowest BCUT2D eigenvalue weighted by molar-refractivity contribution is -0.113. The van der Waals surface area contributed by atoms with Gasteiger partial charge in [0.1, 0.15) is 5.69 Å². The highest BCUT2D eigenvalue weighted by Crippen LogP contribution is 2.37. The van der Waals surface area contributed by atoms with Gasteiger partial charge < -0.3 is 9.67 Å². The van der Waals surface area contributed by atoms with Crippen LogP contribution in [0.15, 0.2) is 36.4 Å². The Hall–Kier alpha value is -2.33. The number of nitrogens with zero attached hydrogens (tertiary/aromatic N) is 1. The molecule has 140 valence electrons. The van der Waals surface area contributed by atoms with Crippen LogP contribution < -0.4 is 0 Å². The van der Waals surface area contributed by atoms with Crippen molar-refractivity contribution in [3.63, 3.8) is 0 Å². The molecule has 0 radical (unpaired) electrons. The van der Waals surface area contributed by atoms with E-state index in [0.29, 0.717) is 35.0 Å². The van der Waals surface area contributed by atoms with Crippen molar-refractivity contribution in [3.05, 3.63) is 52.7 Å². The van der Waals surface area contributed by atoms with E-state index in [0.717, 1.165) is 23.7 Å². The van der Waals surface area contributed by atoms with Crippen LogP contribution in [0.3, 0.4) is 0 Å². The van der Waals surface area contributed by atoms with Crippen LogP contribution in [0.4, 0.5) is 0 Å². The zero-order chi connectivity index (χ0) is 19.0. The molecule has 0 amide bonds. The lowest BCUT2D eigenvalue weighted by Gasteiger charge is -2.23. The number of rotatable bonds is 4. The Labute approximate surface area is 163 Å². The summed E-state index contributed by atoms with van der Waals surface area (Å²) in [5.74, 6) is -0.597. The van der Waals surface area contributed by atoms with E-state index in [1.807, 2.05) is 16.7 Å². The molecule has 2 aliphatic rings. The number of halogens is 1. The number of fused-ring (bicyclic) bond motifs is 1. The summed E-state index contributed by atoms with van der Waals surface area (Å²) in [4.78, 5) is 24.8. The largest absolute Gasteiger partial charge is 0.477 e. The maximum absolute atomic E-state index is 12.5. The number of carbonyl (C=O) groups is 2. The van der Waals surface area contributed by atoms with Crippen LogP contribution in [0.5, 0.6) is 0 Å². The summed E-state index contributed by atoms with van der Waals surface area (Å²) in [6, 6.07) is 5.44. The van der Waals surface area contributed by atoms with E-state index in [1.54, 1.807) is 24.3 Å². The maximum Gasteiger partial charge on any atom is 0.353 e. The van der Waals surface area contributed by atoms with Crippen molar-refractivity contribution in [1.29, 1.82) is 0 Å². The molecular weight excluding hydrogens is 362 g/mol.